The number of nitrogens with one attached hydrogen (secondary N) is 2. The number of rotatable bonds is 5. The number of thiocarbonyl (C=S) groups is 1. The largest absolute Gasteiger partial charge is 0.362 e. The number of nitrogens with zero attached hydrogens (tertiary/aromatic N) is 1. The van der Waals surface area contributed by atoms with Crippen molar-refractivity contribution in [3.8, 4) is 0 Å². The lowest BCUT2D eigenvalue weighted by molar-refractivity contribution is 0.282. The summed E-state index contributed by atoms with van der Waals surface area (Å²) in [4.78, 5) is 2.58. The Labute approximate surface area is 141 Å². The van der Waals surface area contributed by atoms with Gasteiger partial charge in [0.15, 0.2) is 5.11 Å². The van der Waals surface area contributed by atoms with Crippen LogP contribution in [0.15, 0.2) is 28.7 Å². The molecule has 0 aliphatic carbocycles. The Kier molecular flexibility index (Phi) is 7.47. The van der Waals surface area contributed by atoms with E-state index >= 15 is 0 Å². The van der Waals surface area contributed by atoms with Crippen LogP contribution in [0.25, 0.3) is 0 Å². The van der Waals surface area contributed by atoms with Crippen LogP contribution >= 0.6 is 28.1 Å². The molecule has 0 saturated carbocycles. The summed E-state index contributed by atoms with van der Waals surface area (Å²) < 4.78 is 1.05. The monoisotopic (exact) mass is 369 g/mol. The molecule has 116 valence electrons. The van der Waals surface area contributed by atoms with Crippen LogP contribution in [0.3, 0.4) is 0 Å². The van der Waals surface area contributed by atoms with Crippen molar-refractivity contribution < 1.29 is 0 Å². The molecule has 1 aliphatic rings. The molecule has 0 spiro atoms. The van der Waals surface area contributed by atoms with Crippen LogP contribution in [0, 0.1) is 0 Å². The van der Waals surface area contributed by atoms with Crippen molar-refractivity contribution >= 4 is 38.9 Å². The Balaban J connectivity index is 1.60. The first-order valence-electron chi connectivity index (χ1n) is 7.77. The maximum atomic E-state index is 5.32. The van der Waals surface area contributed by atoms with E-state index in [1.54, 1.807) is 0 Å². The molecule has 0 radical (unpaired) electrons. The van der Waals surface area contributed by atoms with Crippen LogP contribution < -0.4 is 10.6 Å². The summed E-state index contributed by atoms with van der Waals surface area (Å²) in [5.74, 6) is 0. The molecule has 0 bridgehead atoms. The number of hydrogen-bond donors (Lipinski definition) is 2. The number of likely N-dealkylation sites (tertiary alicyclic amines) is 1. The van der Waals surface area contributed by atoms with Gasteiger partial charge in [-0.15, -0.1) is 0 Å². The fourth-order valence-electron chi connectivity index (χ4n) is 2.61. The molecule has 2 N–H and O–H groups in total. The molecule has 1 heterocycles. The quantitative estimate of drug-likeness (QED) is 0.605. The highest BCUT2D eigenvalue weighted by Crippen LogP contribution is 2.15. The second kappa shape index (κ2) is 9.38. The second-order valence-corrected chi connectivity index (χ2v) is 6.82. The predicted octanol–water partition coefficient (Wildman–Crippen LogP) is 4.00. The Morgan fingerprint density at radius 2 is 1.95 bits per heavy atom. The van der Waals surface area contributed by atoms with E-state index in [4.69, 9.17) is 12.2 Å². The highest BCUT2D eigenvalue weighted by Gasteiger charge is 2.08. The molecule has 1 aromatic carbocycles. The number of anilines is 1. The zero-order valence-electron chi connectivity index (χ0n) is 12.4. The zero-order valence-corrected chi connectivity index (χ0v) is 14.8. The van der Waals surface area contributed by atoms with Crippen LogP contribution in [0.5, 0.6) is 0 Å². The zero-order chi connectivity index (χ0) is 14.9. The summed E-state index contributed by atoms with van der Waals surface area (Å²) in [6.07, 6.45) is 6.65. The smallest absolute Gasteiger partial charge is 0.170 e. The molecular formula is C16H24BrN3S. The Morgan fingerprint density at radius 1 is 1.19 bits per heavy atom. The van der Waals surface area contributed by atoms with Crippen LogP contribution in [-0.4, -0.2) is 36.2 Å². The van der Waals surface area contributed by atoms with Gasteiger partial charge in [0, 0.05) is 16.7 Å². The van der Waals surface area contributed by atoms with Crippen molar-refractivity contribution in [1.82, 2.24) is 10.2 Å². The highest BCUT2D eigenvalue weighted by atomic mass is 79.9. The minimum Gasteiger partial charge on any atom is -0.362 e. The minimum absolute atomic E-state index is 0.698. The number of hydrogen-bond acceptors (Lipinski definition) is 2. The second-order valence-electron chi connectivity index (χ2n) is 5.50. The topological polar surface area (TPSA) is 27.3 Å². The van der Waals surface area contributed by atoms with Gasteiger partial charge in [0.05, 0.1) is 0 Å². The van der Waals surface area contributed by atoms with E-state index in [1.807, 2.05) is 24.3 Å². The predicted molar refractivity (Wildman–Crippen MR) is 97.9 cm³/mol. The van der Waals surface area contributed by atoms with Gasteiger partial charge in [0.25, 0.3) is 0 Å². The van der Waals surface area contributed by atoms with E-state index < -0.39 is 0 Å². The third kappa shape index (κ3) is 6.76. The maximum absolute atomic E-state index is 5.32. The van der Waals surface area contributed by atoms with Gasteiger partial charge < -0.3 is 15.5 Å². The Bertz CT molecular complexity index is 445. The average Bonchev–Trinajstić information content (AvgIpc) is 2.72. The molecule has 3 nitrogen and oxygen atoms in total. The Morgan fingerprint density at radius 3 is 2.67 bits per heavy atom. The molecule has 0 unspecified atom stereocenters. The van der Waals surface area contributed by atoms with Crippen LogP contribution in [0.4, 0.5) is 5.69 Å². The fraction of sp³-hybridized carbons (Fsp3) is 0.562. The van der Waals surface area contributed by atoms with E-state index in [0.717, 1.165) is 23.1 Å². The molecule has 5 heteroatoms. The van der Waals surface area contributed by atoms with Gasteiger partial charge in [0.2, 0.25) is 0 Å². The van der Waals surface area contributed by atoms with Crippen molar-refractivity contribution in [3.63, 3.8) is 0 Å². The summed E-state index contributed by atoms with van der Waals surface area (Å²) >= 11 is 8.78. The van der Waals surface area contributed by atoms with Gasteiger partial charge in [-0.25, -0.2) is 0 Å². The van der Waals surface area contributed by atoms with Crippen molar-refractivity contribution in [1.29, 1.82) is 0 Å². The standard InChI is InChI=1S/C16H24BrN3S/c17-14-7-5-8-15(13-14)19-16(21)18-9-6-12-20-10-3-1-2-4-11-20/h5,7-8,13H,1-4,6,9-12H2,(H2,18,19,21). The lowest BCUT2D eigenvalue weighted by Crippen LogP contribution is -2.32. The summed E-state index contributed by atoms with van der Waals surface area (Å²) in [6.45, 7) is 4.63. The summed E-state index contributed by atoms with van der Waals surface area (Å²) in [6, 6.07) is 8.03. The SMILES string of the molecule is S=C(NCCCN1CCCCCC1)Nc1cccc(Br)c1. The molecular weight excluding hydrogens is 346 g/mol. The number of halogens is 1. The summed E-state index contributed by atoms with van der Waals surface area (Å²) in [5, 5.41) is 7.19. The van der Waals surface area contributed by atoms with Crippen LogP contribution in [-0.2, 0) is 0 Å². The van der Waals surface area contributed by atoms with Gasteiger partial charge in [-0.05, 0) is 69.3 Å². The van der Waals surface area contributed by atoms with Crippen LogP contribution in [0.2, 0.25) is 0 Å². The fourth-order valence-corrected chi connectivity index (χ4v) is 3.23. The number of benzene rings is 1. The summed E-state index contributed by atoms with van der Waals surface area (Å²) in [7, 11) is 0. The molecule has 0 atom stereocenters. The van der Waals surface area contributed by atoms with E-state index in [-0.39, 0.29) is 0 Å². The molecule has 2 rings (SSSR count). The van der Waals surface area contributed by atoms with E-state index in [0.29, 0.717) is 5.11 Å². The summed E-state index contributed by atoms with van der Waals surface area (Å²) in [5.41, 5.74) is 1.01. The molecule has 0 aromatic heterocycles. The molecule has 21 heavy (non-hydrogen) atoms. The average molecular weight is 370 g/mol. The molecule has 1 aliphatic heterocycles. The maximum Gasteiger partial charge on any atom is 0.170 e. The van der Waals surface area contributed by atoms with Gasteiger partial charge >= 0.3 is 0 Å². The van der Waals surface area contributed by atoms with Crippen molar-refractivity contribution in [2.24, 2.45) is 0 Å². The van der Waals surface area contributed by atoms with Crippen molar-refractivity contribution in [3.05, 3.63) is 28.7 Å². The molecule has 0 amide bonds. The van der Waals surface area contributed by atoms with E-state index in [2.05, 4.69) is 31.5 Å². The molecule has 1 fully saturated rings. The van der Waals surface area contributed by atoms with Gasteiger partial charge in [0.1, 0.15) is 0 Å². The van der Waals surface area contributed by atoms with E-state index in [9.17, 15) is 0 Å². The lowest BCUT2D eigenvalue weighted by Gasteiger charge is -2.19. The highest BCUT2D eigenvalue weighted by molar-refractivity contribution is 9.10. The third-order valence-electron chi connectivity index (χ3n) is 3.72. The molecule has 1 saturated heterocycles. The first-order valence-corrected chi connectivity index (χ1v) is 8.97. The van der Waals surface area contributed by atoms with Crippen molar-refractivity contribution in [2.45, 2.75) is 32.1 Å². The first-order chi connectivity index (χ1) is 10.2. The Hall–Kier alpha value is -0.650. The van der Waals surface area contributed by atoms with Gasteiger partial charge in [-0.2, -0.15) is 0 Å². The molecule has 1 aromatic rings. The van der Waals surface area contributed by atoms with Crippen LogP contribution in [0.1, 0.15) is 32.1 Å². The van der Waals surface area contributed by atoms with E-state index in [1.165, 1.54) is 45.3 Å². The van der Waals surface area contributed by atoms with Crippen molar-refractivity contribution in [2.75, 3.05) is 31.5 Å². The first kappa shape index (κ1) is 16.7. The third-order valence-corrected chi connectivity index (χ3v) is 4.46. The normalized spacial score (nSPS) is 16.2. The van der Waals surface area contributed by atoms with Gasteiger partial charge in [-0.3, -0.25) is 0 Å². The lowest BCUT2D eigenvalue weighted by atomic mass is 10.2. The minimum atomic E-state index is 0.698. The van der Waals surface area contributed by atoms with Gasteiger partial charge in [-0.1, -0.05) is 34.8 Å².